The molecule has 1 heterocycles. The fraction of sp³-hybridized carbons (Fsp3) is 0.250. The van der Waals surface area contributed by atoms with Crippen molar-refractivity contribution in [2.45, 2.75) is 20.0 Å². The molecular weight excluding hydrogens is 207 g/mol. The zero-order valence-corrected chi connectivity index (χ0v) is 9.18. The first-order valence-electron chi connectivity index (χ1n) is 5.07. The number of aliphatic hydroxyl groups is 1. The van der Waals surface area contributed by atoms with Gasteiger partial charge in [0.1, 0.15) is 11.6 Å². The van der Waals surface area contributed by atoms with Gasteiger partial charge in [0.2, 0.25) is 0 Å². The Kier molecular flexibility index (Phi) is 2.75. The van der Waals surface area contributed by atoms with E-state index in [9.17, 15) is 9.50 Å². The van der Waals surface area contributed by atoms with Crippen LogP contribution in [-0.4, -0.2) is 14.7 Å². The molecule has 0 aliphatic heterocycles. The molecule has 0 fully saturated rings. The fourth-order valence-corrected chi connectivity index (χ4v) is 1.71. The number of aliphatic hydroxyl groups excluding tert-OH is 1. The third kappa shape index (κ3) is 1.84. The largest absolute Gasteiger partial charge is 0.389 e. The molecule has 84 valence electrons. The third-order valence-corrected chi connectivity index (χ3v) is 2.52. The minimum absolute atomic E-state index is 0.350. The Morgan fingerprint density at radius 2 is 2.19 bits per heavy atom. The normalized spacial score (nSPS) is 12.8. The molecule has 16 heavy (non-hydrogen) atoms. The van der Waals surface area contributed by atoms with E-state index in [1.165, 1.54) is 12.1 Å². The highest BCUT2D eigenvalue weighted by atomic mass is 19.1. The van der Waals surface area contributed by atoms with Crippen LogP contribution < -0.4 is 0 Å². The lowest BCUT2D eigenvalue weighted by Gasteiger charge is -2.13. The zero-order chi connectivity index (χ0) is 11.7. The van der Waals surface area contributed by atoms with Crippen LogP contribution in [0, 0.1) is 12.7 Å². The van der Waals surface area contributed by atoms with Crippen LogP contribution in [0.25, 0.3) is 5.69 Å². The third-order valence-electron chi connectivity index (χ3n) is 2.52. The lowest BCUT2D eigenvalue weighted by atomic mass is 10.1. The van der Waals surface area contributed by atoms with E-state index in [1.54, 1.807) is 25.4 Å². The number of aryl methyl sites for hydroxylation is 1. The van der Waals surface area contributed by atoms with Crippen molar-refractivity contribution in [3.05, 3.63) is 47.8 Å². The van der Waals surface area contributed by atoms with Gasteiger partial charge in [0.05, 0.1) is 11.8 Å². The molecule has 3 nitrogen and oxygen atoms in total. The second kappa shape index (κ2) is 4.06. The average molecular weight is 220 g/mol. The molecule has 0 amide bonds. The number of aromatic nitrogens is 2. The van der Waals surface area contributed by atoms with Crippen molar-refractivity contribution >= 4 is 0 Å². The molecule has 2 aromatic rings. The maximum Gasteiger partial charge on any atom is 0.123 e. The number of rotatable bonds is 2. The first kappa shape index (κ1) is 10.8. The van der Waals surface area contributed by atoms with Gasteiger partial charge in [-0.1, -0.05) is 0 Å². The summed E-state index contributed by atoms with van der Waals surface area (Å²) in [7, 11) is 0. The Balaban J connectivity index is 2.61. The Labute approximate surface area is 93.2 Å². The highest BCUT2D eigenvalue weighted by molar-refractivity contribution is 5.43. The maximum absolute atomic E-state index is 13.1. The van der Waals surface area contributed by atoms with Crippen LogP contribution in [0.1, 0.15) is 24.4 Å². The van der Waals surface area contributed by atoms with Crippen molar-refractivity contribution in [1.82, 2.24) is 9.55 Å². The fourth-order valence-electron chi connectivity index (χ4n) is 1.71. The van der Waals surface area contributed by atoms with Gasteiger partial charge in [0, 0.05) is 18.0 Å². The van der Waals surface area contributed by atoms with Gasteiger partial charge in [-0.3, -0.25) is 0 Å². The van der Waals surface area contributed by atoms with E-state index in [0.717, 1.165) is 11.5 Å². The second-order valence-corrected chi connectivity index (χ2v) is 3.72. The number of halogens is 1. The van der Waals surface area contributed by atoms with Gasteiger partial charge in [-0.05, 0) is 32.0 Å². The van der Waals surface area contributed by atoms with E-state index in [0.29, 0.717) is 5.56 Å². The van der Waals surface area contributed by atoms with Crippen LogP contribution in [0.2, 0.25) is 0 Å². The Hall–Kier alpha value is -1.68. The predicted molar refractivity (Wildman–Crippen MR) is 58.9 cm³/mol. The van der Waals surface area contributed by atoms with Crippen molar-refractivity contribution < 1.29 is 9.50 Å². The molecule has 0 unspecified atom stereocenters. The Bertz CT molecular complexity index is 505. The summed E-state index contributed by atoms with van der Waals surface area (Å²) in [6, 6.07) is 4.37. The van der Waals surface area contributed by atoms with Crippen LogP contribution in [0.15, 0.2) is 30.6 Å². The molecule has 0 saturated heterocycles. The van der Waals surface area contributed by atoms with Gasteiger partial charge in [-0.25, -0.2) is 9.37 Å². The number of benzene rings is 1. The average Bonchev–Trinajstić information content (AvgIpc) is 2.64. The second-order valence-electron chi connectivity index (χ2n) is 3.72. The molecule has 1 N–H and O–H groups in total. The predicted octanol–water partition coefficient (Wildman–Crippen LogP) is 2.37. The quantitative estimate of drug-likeness (QED) is 0.843. The SMILES string of the molecule is Cc1nccn1-c1ccc(F)cc1[C@@H](C)O. The molecule has 0 radical (unpaired) electrons. The van der Waals surface area contributed by atoms with Crippen LogP contribution >= 0.6 is 0 Å². The van der Waals surface area contributed by atoms with Crippen LogP contribution in [0.3, 0.4) is 0 Å². The van der Waals surface area contributed by atoms with Crippen LogP contribution in [0.4, 0.5) is 4.39 Å². The smallest absolute Gasteiger partial charge is 0.123 e. The van der Waals surface area contributed by atoms with Gasteiger partial charge in [0.25, 0.3) is 0 Å². The Morgan fingerprint density at radius 3 is 2.75 bits per heavy atom. The van der Waals surface area contributed by atoms with Gasteiger partial charge >= 0.3 is 0 Å². The van der Waals surface area contributed by atoms with Crippen LogP contribution in [-0.2, 0) is 0 Å². The summed E-state index contributed by atoms with van der Waals surface area (Å²) in [5.74, 6) is 0.450. The number of hydrogen-bond acceptors (Lipinski definition) is 2. The summed E-state index contributed by atoms with van der Waals surface area (Å²) in [4.78, 5) is 4.10. The molecule has 0 bridgehead atoms. The van der Waals surface area contributed by atoms with E-state index < -0.39 is 6.10 Å². The first-order chi connectivity index (χ1) is 7.59. The summed E-state index contributed by atoms with van der Waals surface area (Å²) < 4.78 is 14.9. The highest BCUT2D eigenvalue weighted by Crippen LogP contribution is 2.23. The van der Waals surface area contributed by atoms with E-state index in [-0.39, 0.29) is 5.82 Å². The van der Waals surface area contributed by atoms with Crippen molar-refractivity contribution in [2.24, 2.45) is 0 Å². The lowest BCUT2D eigenvalue weighted by Crippen LogP contribution is -2.04. The van der Waals surface area contributed by atoms with E-state index in [1.807, 2.05) is 11.5 Å². The number of hydrogen-bond donors (Lipinski definition) is 1. The van der Waals surface area contributed by atoms with Gasteiger partial charge in [-0.15, -0.1) is 0 Å². The van der Waals surface area contributed by atoms with Gasteiger partial charge in [0.15, 0.2) is 0 Å². The van der Waals surface area contributed by atoms with Crippen molar-refractivity contribution in [3.8, 4) is 5.69 Å². The zero-order valence-electron chi connectivity index (χ0n) is 9.18. The standard InChI is InChI=1S/C12H13FN2O/c1-8(16)11-7-10(13)3-4-12(11)15-6-5-14-9(15)2/h3-8,16H,1-2H3/t8-/m1/s1. The van der Waals surface area contributed by atoms with E-state index in [2.05, 4.69) is 4.98 Å². The molecular formula is C12H13FN2O. The lowest BCUT2D eigenvalue weighted by molar-refractivity contribution is 0.198. The molecule has 1 aromatic heterocycles. The highest BCUT2D eigenvalue weighted by Gasteiger charge is 2.11. The van der Waals surface area contributed by atoms with E-state index >= 15 is 0 Å². The van der Waals surface area contributed by atoms with Gasteiger partial charge in [-0.2, -0.15) is 0 Å². The number of nitrogens with zero attached hydrogens (tertiary/aromatic N) is 2. The number of imidazole rings is 1. The summed E-state index contributed by atoms with van der Waals surface area (Å²) in [6.07, 6.45) is 2.74. The van der Waals surface area contributed by atoms with Gasteiger partial charge < -0.3 is 9.67 Å². The molecule has 2 rings (SSSR count). The summed E-state index contributed by atoms with van der Waals surface area (Å²) in [5.41, 5.74) is 1.31. The topological polar surface area (TPSA) is 38.0 Å². The van der Waals surface area contributed by atoms with E-state index in [4.69, 9.17) is 0 Å². The first-order valence-corrected chi connectivity index (χ1v) is 5.07. The van der Waals surface area contributed by atoms with Crippen molar-refractivity contribution in [3.63, 3.8) is 0 Å². The molecule has 1 aromatic carbocycles. The molecule has 1 atom stereocenters. The summed E-state index contributed by atoms with van der Waals surface area (Å²) >= 11 is 0. The van der Waals surface area contributed by atoms with Crippen molar-refractivity contribution in [2.75, 3.05) is 0 Å². The molecule has 0 aliphatic rings. The monoisotopic (exact) mass is 220 g/mol. The minimum atomic E-state index is -0.715. The van der Waals surface area contributed by atoms with Crippen LogP contribution in [0.5, 0.6) is 0 Å². The molecule has 4 heteroatoms. The molecule has 0 spiro atoms. The van der Waals surface area contributed by atoms with Crippen molar-refractivity contribution in [1.29, 1.82) is 0 Å². The minimum Gasteiger partial charge on any atom is -0.389 e. The Morgan fingerprint density at radius 1 is 1.44 bits per heavy atom. The molecule has 0 saturated carbocycles. The maximum atomic E-state index is 13.1. The summed E-state index contributed by atoms with van der Waals surface area (Å²) in [6.45, 7) is 3.47. The molecule has 0 aliphatic carbocycles. The summed E-state index contributed by atoms with van der Waals surface area (Å²) in [5, 5.41) is 9.62.